The van der Waals surface area contributed by atoms with Crippen LogP contribution in [0.15, 0.2) is 43.0 Å². The number of rotatable bonds is 5. The number of benzene rings is 1. The van der Waals surface area contributed by atoms with Gasteiger partial charge >= 0.3 is 6.09 Å². The van der Waals surface area contributed by atoms with E-state index in [0.717, 1.165) is 29.8 Å². The Balaban J connectivity index is 1.27. The van der Waals surface area contributed by atoms with Crippen LogP contribution in [0.25, 0.3) is 5.69 Å². The first-order chi connectivity index (χ1) is 14.9. The number of ether oxygens (including phenoxy) is 2. The Labute approximate surface area is 180 Å². The summed E-state index contributed by atoms with van der Waals surface area (Å²) in [6.45, 7) is 7.41. The molecule has 0 atom stereocenters. The third-order valence-electron chi connectivity index (χ3n) is 5.00. The van der Waals surface area contributed by atoms with Crippen LogP contribution in [-0.2, 0) is 11.3 Å². The minimum Gasteiger partial charge on any atom is -0.489 e. The number of likely N-dealkylation sites (tertiary alicyclic amines) is 1. The van der Waals surface area contributed by atoms with Gasteiger partial charge in [-0.05, 0) is 68.3 Å². The fraction of sp³-hybridized carbons (Fsp3) is 0.476. The SMILES string of the molecule is CC(C)(C)OC(=O)N1CCC(n2cc(COc3ccc(-n4cnnn4)cc3)cn2)CC1. The lowest BCUT2D eigenvalue weighted by molar-refractivity contribution is 0.0184. The molecule has 1 aliphatic heterocycles. The highest BCUT2D eigenvalue weighted by Gasteiger charge is 2.27. The van der Waals surface area contributed by atoms with Gasteiger partial charge in [0.2, 0.25) is 0 Å². The molecular weight excluding hydrogens is 398 g/mol. The highest BCUT2D eigenvalue weighted by Crippen LogP contribution is 2.24. The summed E-state index contributed by atoms with van der Waals surface area (Å²) in [5.74, 6) is 0.759. The molecule has 1 amide bonds. The van der Waals surface area contributed by atoms with Crippen molar-refractivity contribution in [1.29, 1.82) is 0 Å². The molecule has 0 spiro atoms. The van der Waals surface area contributed by atoms with E-state index in [-0.39, 0.29) is 12.1 Å². The van der Waals surface area contributed by atoms with E-state index < -0.39 is 5.60 Å². The molecule has 0 unspecified atom stereocenters. The smallest absolute Gasteiger partial charge is 0.410 e. The van der Waals surface area contributed by atoms with Crippen molar-refractivity contribution in [3.8, 4) is 11.4 Å². The van der Waals surface area contributed by atoms with Gasteiger partial charge in [0.25, 0.3) is 0 Å². The number of nitrogens with zero attached hydrogens (tertiary/aromatic N) is 7. The molecule has 4 rings (SSSR count). The highest BCUT2D eigenvalue weighted by molar-refractivity contribution is 5.68. The Morgan fingerprint density at radius 3 is 2.55 bits per heavy atom. The van der Waals surface area contributed by atoms with Gasteiger partial charge in [0.15, 0.2) is 0 Å². The maximum atomic E-state index is 12.2. The topological polar surface area (TPSA) is 100 Å². The number of piperidine rings is 1. The van der Waals surface area contributed by atoms with Crippen LogP contribution in [0.1, 0.15) is 45.2 Å². The van der Waals surface area contributed by atoms with Crippen LogP contribution in [0, 0.1) is 0 Å². The van der Waals surface area contributed by atoms with E-state index in [1.165, 1.54) is 0 Å². The van der Waals surface area contributed by atoms with Crippen LogP contribution in [0.4, 0.5) is 4.79 Å². The number of hydrogen-bond acceptors (Lipinski definition) is 7. The van der Waals surface area contributed by atoms with E-state index in [1.54, 1.807) is 15.9 Å². The molecule has 10 nitrogen and oxygen atoms in total. The van der Waals surface area contributed by atoms with E-state index in [2.05, 4.69) is 20.6 Å². The second-order valence-electron chi connectivity index (χ2n) is 8.56. The lowest BCUT2D eigenvalue weighted by Gasteiger charge is -2.33. The van der Waals surface area contributed by atoms with Crippen molar-refractivity contribution in [3.63, 3.8) is 0 Å². The summed E-state index contributed by atoms with van der Waals surface area (Å²) >= 11 is 0. The monoisotopic (exact) mass is 425 g/mol. The van der Waals surface area contributed by atoms with Crippen molar-refractivity contribution in [3.05, 3.63) is 48.5 Å². The Morgan fingerprint density at radius 2 is 1.90 bits per heavy atom. The first kappa shape index (κ1) is 20.8. The van der Waals surface area contributed by atoms with Gasteiger partial charge in [-0.15, -0.1) is 5.10 Å². The van der Waals surface area contributed by atoms with Gasteiger partial charge < -0.3 is 14.4 Å². The lowest BCUT2D eigenvalue weighted by atomic mass is 10.1. The zero-order valence-electron chi connectivity index (χ0n) is 18.0. The van der Waals surface area contributed by atoms with E-state index in [4.69, 9.17) is 9.47 Å². The fourth-order valence-corrected chi connectivity index (χ4v) is 3.43. The number of carbonyl (C=O) groups is 1. The van der Waals surface area contributed by atoms with Crippen LogP contribution < -0.4 is 4.74 Å². The van der Waals surface area contributed by atoms with Gasteiger partial charge in [-0.25, -0.2) is 9.48 Å². The number of carbonyl (C=O) groups excluding carboxylic acids is 1. The highest BCUT2D eigenvalue weighted by atomic mass is 16.6. The van der Waals surface area contributed by atoms with Crippen LogP contribution in [0.2, 0.25) is 0 Å². The quantitative estimate of drug-likeness (QED) is 0.619. The first-order valence-electron chi connectivity index (χ1n) is 10.3. The molecule has 0 aliphatic carbocycles. The van der Waals surface area contributed by atoms with Crippen molar-refractivity contribution in [2.24, 2.45) is 0 Å². The zero-order valence-corrected chi connectivity index (χ0v) is 18.0. The molecule has 31 heavy (non-hydrogen) atoms. The molecule has 1 fully saturated rings. The average Bonchev–Trinajstić information content (AvgIpc) is 3.44. The van der Waals surface area contributed by atoms with Gasteiger partial charge in [0, 0.05) is 24.8 Å². The standard InChI is InChI=1S/C21H27N7O3/c1-21(2,3)31-20(29)26-10-8-18(9-11-26)27-13-16(12-23-27)14-30-19-6-4-17(5-7-19)28-15-22-24-25-28/h4-7,12-13,15,18H,8-11,14H2,1-3H3. The van der Waals surface area contributed by atoms with E-state index in [0.29, 0.717) is 19.7 Å². The molecule has 0 bridgehead atoms. The zero-order chi connectivity index (χ0) is 21.8. The predicted octanol–water partition coefficient (Wildman–Crippen LogP) is 3.01. The molecule has 2 aromatic heterocycles. The number of aromatic nitrogens is 6. The van der Waals surface area contributed by atoms with Gasteiger partial charge in [-0.2, -0.15) is 5.10 Å². The molecule has 1 aromatic carbocycles. The van der Waals surface area contributed by atoms with E-state index >= 15 is 0 Å². The second kappa shape index (κ2) is 8.75. The number of hydrogen-bond donors (Lipinski definition) is 0. The molecule has 0 radical (unpaired) electrons. The van der Waals surface area contributed by atoms with Gasteiger partial charge in [-0.3, -0.25) is 4.68 Å². The molecule has 1 aliphatic rings. The van der Waals surface area contributed by atoms with E-state index in [1.807, 2.05) is 62.1 Å². The van der Waals surface area contributed by atoms with Crippen molar-refractivity contribution >= 4 is 6.09 Å². The lowest BCUT2D eigenvalue weighted by Crippen LogP contribution is -2.42. The normalized spacial score (nSPS) is 15.1. The average molecular weight is 425 g/mol. The van der Waals surface area contributed by atoms with Crippen LogP contribution >= 0.6 is 0 Å². The molecule has 1 saturated heterocycles. The summed E-state index contributed by atoms with van der Waals surface area (Å²) in [6.07, 6.45) is 6.84. The third kappa shape index (κ3) is 5.39. The summed E-state index contributed by atoms with van der Waals surface area (Å²) in [4.78, 5) is 14.0. The third-order valence-corrected chi connectivity index (χ3v) is 5.00. The van der Waals surface area contributed by atoms with Crippen molar-refractivity contribution in [1.82, 2.24) is 34.9 Å². The summed E-state index contributed by atoms with van der Waals surface area (Å²) in [5, 5.41) is 15.6. The summed E-state index contributed by atoms with van der Waals surface area (Å²) < 4.78 is 14.9. The molecule has 164 valence electrons. The summed E-state index contributed by atoms with van der Waals surface area (Å²) in [7, 11) is 0. The van der Waals surface area contributed by atoms with Gasteiger partial charge in [0.1, 0.15) is 24.3 Å². The van der Waals surface area contributed by atoms with Crippen LogP contribution in [0.3, 0.4) is 0 Å². The fourth-order valence-electron chi connectivity index (χ4n) is 3.43. The molecule has 0 saturated carbocycles. The Kier molecular flexibility index (Phi) is 5.88. The predicted molar refractivity (Wildman–Crippen MR) is 112 cm³/mol. The minimum atomic E-state index is -0.473. The molecule has 3 heterocycles. The molecule has 10 heteroatoms. The number of amides is 1. The van der Waals surface area contributed by atoms with E-state index in [9.17, 15) is 4.79 Å². The van der Waals surface area contributed by atoms with Crippen LogP contribution in [0.5, 0.6) is 5.75 Å². The minimum absolute atomic E-state index is 0.244. The van der Waals surface area contributed by atoms with Gasteiger partial charge in [0.05, 0.1) is 17.9 Å². The molecule has 0 N–H and O–H groups in total. The Morgan fingerprint density at radius 1 is 1.16 bits per heavy atom. The van der Waals surface area contributed by atoms with Gasteiger partial charge in [-0.1, -0.05) is 0 Å². The number of tetrazole rings is 1. The maximum Gasteiger partial charge on any atom is 0.410 e. The summed E-state index contributed by atoms with van der Waals surface area (Å²) in [6, 6.07) is 7.82. The molecular formula is C21H27N7O3. The second-order valence-corrected chi connectivity index (χ2v) is 8.56. The summed E-state index contributed by atoms with van der Waals surface area (Å²) in [5.41, 5.74) is 1.39. The molecule has 3 aromatic rings. The van der Waals surface area contributed by atoms with Crippen molar-refractivity contribution in [2.75, 3.05) is 13.1 Å². The van der Waals surface area contributed by atoms with Crippen molar-refractivity contribution in [2.45, 2.75) is 51.9 Å². The van der Waals surface area contributed by atoms with Crippen molar-refractivity contribution < 1.29 is 14.3 Å². The van der Waals surface area contributed by atoms with Crippen LogP contribution in [-0.4, -0.2) is 59.7 Å². The Hall–Kier alpha value is -3.43. The Bertz CT molecular complexity index is 985. The largest absolute Gasteiger partial charge is 0.489 e. The first-order valence-corrected chi connectivity index (χ1v) is 10.3. The maximum absolute atomic E-state index is 12.2.